The minimum absolute atomic E-state index is 0.0249. The molecule has 1 aliphatic rings. The van der Waals surface area contributed by atoms with Crippen LogP contribution in [0.1, 0.15) is 45.0 Å². The second-order valence-electron chi connectivity index (χ2n) is 6.92. The summed E-state index contributed by atoms with van der Waals surface area (Å²) in [5.74, 6) is 0.0968. The minimum atomic E-state index is -0.320. The van der Waals surface area contributed by atoms with Gasteiger partial charge in [0, 0.05) is 31.0 Å². The quantitative estimate of drug-likeness (QED) is 0.627. The van der Waals surface area contributed by atoms with Crippen LogP contribution in [-0.2, 0) is 4.74 Å². The molecule has 3 aromatic rings. The van der Waals surface area contributed by atoms with E-state index in [1.54, 1.807) is 30.5 Å². The predicted octanol–water partition coefficient (Wildman–Crippen LogP) is 4.36. The average Bonchev–Trinajstić information content (AvgIpc) is 3.31. The van der Waals surface area contributed by atoms with E-state index in [0.717, 1.165) is 18.5 Å². The molecule has 1 fully saturated rings. The van der Waals surface area contributed by atoms with E-state index in [9.17, 15) is 9.59 Å². The number of carbonyl (C=O) groups is 2. The lowest BCUT2D eigenvalue weighted by molar-refractivity contribution is 0.0897. The number of hydrogen-bond acceptors (Lipinski definition) is 7. The molecule has 4 rings (SSSR count). The average molecular weight is 411 g/mol. The van der Waals surface area contributed by atoms with Crippen molar-refractivity contribution in [3.05, 3.63) is 52.9 Å². The van der Waals surface area contributed by atoms with E-state index in [-0.39, 0.29) is 17.6 Å². The molecular weight excluding hydrogens is 390 g/mol. The number of aromatic nitrogens is 2. The molecule has 0 bridgehead atoms. The van der Waals surface area contributed by atoms with Crippen molar-refractivity contribution in [1.82, 2.24) is 9.97 Å². The number of Topliss-reactive ketones (excluding diaryl/α,β-unsaturated/α-hetero) is 1. The van der Waals surface area contributed by atoms with Crippen LogP contribution in [0.25, 0.3) is 11.5 Å². The molecule has 1 unspecified atom stereocenters. The number of aryl methyl sites for hydroxylation is 1. The van der Waals surface area contributed by atoms with Crippen molar-refractivity contribution in [1.29, 1.82) is 0 Å². The molecule has 1 amide bonds. The van der Waals surface area contributed by atoms with Gasteiger partial charge in [0.15, 0.2) is 16.7 Å². The van der Waals surface area contributed by atoms with Crippen LogP contribution in [0.4, 0.5) is 5.13 Å². The predicted molar refractivity (Wildman–Crippen MR) is 109 cm³/mol. The first-order valence-corrected chi connectivity index (χ1v) is 10.3. The highest BCUT2D eigenvalue weighted by atomic mass is 32.1. The normalized spacial score (nSPS) is 16.9. The third kappa shape index (κ3) is 4.44. The van der Waals surface area contributed by atoms with Gasteiger partial charge in [0.1, 0.15) is 10.6 Å². The van der Waals surface area contributed by atoms with Gasteiger partial charge in [-0.2, -0.15) is 0 Å². The Kier molecular flexibility index (Phi) is 5.82. The lowest BCUT2D eigenvalue weighted by Gasteiger charge is -2.10. The van der Waals surface area contributed by atoms with Crippen LogP contribution in [0.15, 0.2) is 41.1 Å². The number of anilines is 1. The Morgan fingerprint density at radius 3 is 2.86 bits per heavy atom. The van der Waals surface area contributed by atoms with E-state index in [1.807, 2.05) is 6.92 Å². The van der Waals surface area contributed by atoms with Crippen molar-refractivity contribution in [2.45, 2.75) is 26.2 Å². The fourth-order valence-electron chi connectivity index (χ4n) is 3.24. The number of pyridine rings is 1. The topological polar surface area (TPSA) is 94.3 Å². The highest BCUT2D eigenvalue weighted by Crippen LogP contribution is 2.35. The third-order valence-corrected chi connectivity index (χ3v) is 5.81. The number of thiazole rings is 1. The molecule has 29 heavy (non-hydrogen) atoms. The molecule has 1 aliphatic heterocycles. The van der Waals surface area contributed by atoms with E-state index in [0.29, 0.717) is 46.7 Å². The Labute approximate surface area is 172 Å². The molecule has 0 spiro atoms. The van der Waals surface area contributed by atoms with E-state index in [2.05, 4.69) is 15.3 Å². The van der Waals surface area contributed by atoms with Crippen molar-refractivity contribution in [2.75, 3.05) is 18.5 Å². The monoisotopic (exact) mass is 411 g/mol. The summed E-state index contributed by atoms with van der Waals surface area (Å²) in [6.07, 6.45) is 5.38. The summed E-state index contributed by atoms with van der Waals surface area (Å²) in [4.78, 5) is 34.9. The molecule has 4 heterocycles. The van der Waals surface area contributed by atoms with Gasteiger partial charge in [-0.25, -0.2) is 4.98 Å². The number of furan rings is 1. The zero-order chi connectivity index (χ0) is 20.2. The number of rotatable bonds is 5. The lowest BCUT2D eigenvalue weighted by atomic mass is 9.94. The van der Waals surface area contributed by atoms with Gasteiger partial charge in [0.2, 0.25) is 0 Å². The highest BCUT2D eigenvalue weighted by Gasteiger charge is 2.28. The number of carbonyl (C=O) groups excluding carboxylic acids is 2. The van der Waals surface area contributed by atoms with Crippen molar-refractivity contribution in [2.24, 2.45) is 5.92 Å². The molecule has 0 saturated carbocycles. The molecule has 1 N–H and O–H groups in total. The number of ether oxygens (including phenoxy) is 1. The van der Waals surface area contributed by atoms with Crippen molar-refractivity contribution in [3.63, 3.8) is 0 Å². The largest absolute Gasteiger partial charge is 0.463 e. The van der Waals surface area contributed by atoms with Crippen molar-refractivity contribution >= 4 is 28.2 Å². The lowest BCUT2D eigenvalue weighted by Crippen LogP contribution is -2.15. The first-order chi connectivity index (χ1) is 14.1. The first kappa shape index (κ1) is 19.5. The summed E-state index contributed by atoms with van der Waals surface area (Å²) in [5, 5.41) is 3.14. The van der Waals surface area contributed by atoms with Gasteiger partial charge >= 0.3 is 0 Å². The summed E-state index contributed by atoms with van der Waals surface area (Å²) < 4.78 is 11.0. The van der Waals surface area contributed by atoms with Gasteiger partial charge in [0.05, 0.1) is 11.8 Å². The Balaban J connectivity index is 1.62. The standard InChI is InChI=1S/C21H21N3O4S/c1-13-6-7-15(12-22-13)20(26)24-21-23-17(16-5-3-10-28-16)19(29-21)18(25)14-4-2-9-27-11-8-14/h3,5-7,10,12,14H,2,4,8-9,11H2,1H3,(H,23,24,26). The van der Waals surface area contributed by atoms with Gasteiger partial charge in [-0.15, -0.1) is 0 Å². The maximum absolute atomic E-state index is 13.2. The summed E-state index contributed by atoms with van der Waals surface area (Å²) in [5.41, 5.74) is 1.72. The van der Waals surface area contributed by atoms with Gasteiger partial charge < -0.3 is 9.15 Å². The SMILES string of the molecule is Cc1ccc(C(=O)Nc2nc(-c3ccco3)c(C(=O)C3CCCOCC3)s2)cn1. The maximum Gasteiger partial charge on any atom is 0.259 e. The van der Waals surface area contributed by atoms with Crippen LogP contribution < -0.4 is 5.32 Å². The second kappa shape index (κ2) is 8.67. The number of amides is 1. The van der Waals surface area contributed by atoms with Crippen LogP contribution in [0, 0.1) is 12.8 Å². The van der Waals surface area contributed by atoms with Crippen LogP contribution in [0.3, 0.4) is 0 Å². The highest BCUT2D eigenvalue weighted by molar-refractivity contribution is 7.18. The molecule has 1 saturated heterocycles. The second-order valence-corrected chi connectivity index (χ2v) is 7.92. The zero-order valence-corrected chi connectivity index (χ0v) is 16.8. The summed E-state index contributed by atoms with van der Waals surface area (Å²) in [6.45, 7) is 3.12. The van der Waals surface area contributed by atoms with Gasteiger partial charge in [-0.1, -0.05) is 11.3 Å². The van der Waals surface area contributed by atoms with Crippen molar-refractivity contribution < 1.29 is 18.7 Å². The molecule has 7 nitrogen and oxygen atoms in total. The number of hydrogen-bond donors (Lipinski definition) is 1. The van der Waals surface area contributed by atoms with Crippen LogP contribution in [-0.4, -0.2) is 34.9 Å². The van der Waals surface area contributed by atoms with E-state index in [4.69, 9.17) is 9.15 Å². The molecule has 1 atom stereocenters. The van der Waals surface area contributed by atoms with Crippen molar-refractivity contribution in [3.8, 4) is 11.5 Å². The Morgan fingerprint density at radius 2 is 2.10 bits per heavy atom. The third-order valence-electron chi connectivity index (χ3n) is 4.82. The molecule has 8 heteroatoms. The van der Waals surface area contributed by atoms with Gasteiger partial charge in [0.25, 0.3) is 5.91 Å². The molecule has 3 aromatic heterocycles. The number of nitrogens with one attached hydrogen (secondary N) is 1. The fourth-order valence-corrected chi connectivity index (χ4v) is 4.23. The maximum atomic E-state index is 13.2. The van der Waals surface area contributed by atoms with Crippen LogP contribution in [0.2, 0.25) is 0 Å². The minimum Gasteiger partial charge on any atom is -0.463 e. The summed E-state index contributed by atoms with van der Waals surface area (Å²) >= 11 is 1.18. The molecule has 0 aromatic carbocycles. The Bertz CT molecular complexity index is 988. The molecule has 0 radical (unpaired) electrons. The van der Waals surface area contributed by atoms with E-state index < -0.39 is 0 Å². The van der Waals surface area contributed by atoms with E-state index >= 15 is 0 Å². The molecule has 150 valence electrons. The zero-order valence-electron chi connectivity index (χ0n) is 16.0. The Morgan fingerprint density at radius 1 is 1.21 bits per heavy atom. The molecular formula is C21H21N3O4S. The summed E-state index contributed by atoms with van der Waals surface area (Å²) in [7, 11) is 0. The van der Waals surface area contributed by atoms with E-state index in [1.165, 1.54) is 17.5 Å². The number of ketones is 1. The van der Waals surface area contributed by atoms with Crippen LogP contribution in [0.5, 0.6) is 0 Å². The van der Waals surface area contributed by atoms with Gasteiger partial charge in [-0.05, 0) is 50.5 Å². The van der Waals surface area contributed by atoms with Gasteiger partial charge in [-0.3, -0.25) is 19.9 Å². The smallest absolute Gasteiger partial charge is 0.259 e. The fraction of sp³-hybridized carbons (Fsp3) is 0.333. The first-order valence-electron chi connectivity index (χ1n) is 9.52. The molecule has 0 aliphatic carbocycles. The summed E-state index contributed by atoms with van der Waals surface area (Å²) in [6, 6.07) is 6.99. The Hall–Kier alpha value is -2.84. The number of nitrogens with zero attached hydrogens (tertiary/aromatic N) is 2. The van der Waals surface area contributed by atoms with Crippen LogP contribution >= 0.6 is 11.3 Å².